The quantitative estimate of drug-likeness (QED) is 0.810. The molecule has 0 saturated carbocycles. The van der Waals surface area contributed by atoms with Gasteiger partial charge in [-0.25, -0.2) is 0 Å². The van der Waals surface area contributed by atoms with E-state index in [2.05, 4.69) is 15.5 Å². The number of hydrogen-bond donors (Lipinski definition) is 2. The number of carbonyl (C=O) groups excluding carboxylic acids is 1. The Morgan fingerprint density at radius 1 is 1.43 bits per heavy atom. The number of rotatable bonds is 7. The number of carbonyl (C=O) groups is 1. The Bertz CT molecular complexity index is 461. The Morgan fingerprint density at radius 3 is 3.05 bits per heavy atom. The fourth-order valence-corrected chi connectivity index (χ4v) is 3.05. The number of likely N-dealkylation sites (tertiary alicyclic amines) is 1. The maximum absolute atomic E-state index is 12.0. The van der Waals surface area contributed by atoms with Gasteiger partial charge in [-0.05, 0) is 64.0 Å². The molecule has 4 nitrogen and oxygen atoms in total. The molecule has 1 amide bonds. The molecule has 1 aliphatic heterocycles. The molecule has 21 heavy (non-hydrogen) atoms. The van der Waals surface area contributed by atoms with Gasteiger partial charge in [0.15, 0.2) is 0 Å². The molecule has 1 fully saturated rings. The van der Waals surface area contributed by atoms with Gasteiger partial charge >= 0.3 is 0 Å². The first kappa shape index (κ1) is 16.0. The normalized spacial score (nSPS) is 18.9. The van der Waals surface area contributed by atoms with Gasteiger partial charge in [0.25, 0.3) is 0 Å². The fourth-order valence-electron chi connectivity index (χ4n) is 3.05. The number of likely N-dealkylation sites (N-methyl/N-ethyl adjacent to an activating group) is 1. The van der Waals surface area contributed by atoms with Crippen LogP contribution < -0.4 is 10.6 Å². The molecular formula is C17H27N3O. The van der Waals surface area contributed by atoms with Crippen molar-refractivity contribution in [2.45, 2.75) is 38.6 Å². The first-order valence-corrected chi connectivity index (χ1v) is 7.94. The van der Waals surface area contributed by atoms with Crippen LogP contribution in [0.4, 0.5) is 5.69 Å². The van der Waals surface area contributed by atoms with E-state index in [9.17, 15) is 4.79 Å². The topological polar surface area (TPSA) is 44.4 Å². The lowest BCUT2D eigenvalue weighted by Crippen LogP contribution is -2.37. The molecule has 0 spiro atoms. The van der Waals surface area contributed by atoms with Crippen molar-refractivity contribution in [1.29, 1.82) is 0 Å². The predicted octanol–water partition coefficient (Wildman–Crippen LogP) is 2.40. The Kier molecular flexibility index (Phi) is 6.21. The highest BCUT2D eigenvalue weighted by Crippen LogP contribution is 2.17. The summed E-state index contributed by atoms with van der Waals surface area (Å²) in [6.07, 6.45) is 4.08. The number of benzene rings is 1. The summed E-state index contributed by atoms with van der Waals surface area (Å²) in [5.74, 6) is 0.116. The highest BCUT2D eigenvalue weighted by molar-refractivity contribution is 5.90. The van der Waals surface area contributed by atoms with E-state index in [0.717, 1.165) is 25.2 Å². The van der Waals surface area contributed by atoms with Crippen molar-refractivity contribution >= 4 is 11.6 Å². The zero-order valence-corrected chi connectivity index (χ0v) is 13.2. The first-order valence-electron chi connectivity index (χ1n) is 7.94. The molecule has 1 aromatic rings. The molecular weight excluding hydrogens is 262 g/mol. The maximum atomic E-state index is 12.0. The van der Waals surface area contributed by atoms with E-state index < -0.39 is 0 Å². The third-order valence-corrected chi connectivity index (χ3v) is 4.09. The van der Waals surface area contributed by atoms with Gasteiger partial charge in [0.1, 0.15) is 0 Å². The number of aryl methyl sites for hydroxylation is 1. The van der Waals surface area contributed by atoms with Crippen molar-refractivity contribution in [3.63, 3.8) is 0 Å². The average Bonchev–Trinajstić information content (AvgIpc) is 2.87. The standard InChI is InChI=1S/C17H27N3O/c1-14-6-3-7-15(12-14)19-17(21)9-5-11-20-10-4-8-16(20)13-18-2/h3,6-7,12,16,18H,4-5,8-11,13H2,1-2H3,(H,19,21). The monoisotopic (exact) mass is 289 g/mol. The lowest BCUT2D eigenvalue weighted by molar-refractivity contribution is -0.116. The van der Waals surface area contributed by atoms with Gasteiger partial charge < -0.3 is 10.6 Å². The Balaban J connectivity index is 1.69. The van der Waals surface area contributed by atoms with E-state index in [1.165, 1.54) is 24.9 Å². The van der Waals surface area contributed by atoms with E-state index in [4.69, 9.17) is 0 Å². The summed E-state index contributed by atoms with van der Waals surface area (Å²) in [6, 6.07) is 8.59. The summed E-state index contributed by atoms with van der Waals surface area (Å²) < 4.78 is 0. The van der Waals surface area contributed by atoms with Crippen LogP contribution in [0.2, 0.25) is 0 Å². The molecule has 2 rings (SSSR count). The van der Waals surface area contributed by atoms with Crippen molar-refractivity contribution < 1.29 is 4.79 Å². The lowest BCUT2D eigenvalue weighted by atomic mass is 10.2. The van der Waals surface area contributed by atoms with Gasteiger partial charge in [-0.3, -0.25) is 9.69 Å². The number of nitrogens with one attached hydrogen (secondary N) is 2. The van der Waals surface area contributed by atoms with Gasteiger partial charge in [-0.2, -0.15) is 0 Å². The molecule has 0 aliphatic carbocycles. The lowest BCUT2D eigenvalue weighted by Gasteiger charge is -2.23. The molecule has 0 bridgehead atoms. The minimum absolute atomic E-state index is 0.116. The molecule has 4 heteroatoms. The van der Waals surface area contributed by atoms with Crippen molar-refractivity contribution in [2.75, 3.05) is 32.0 Å². The Labute approximate surface area is 127 Å². The van der Waals surface area contributed by atoms with E-state index in [-0.39, 0.29) is 5.91 Å². The number of amides is 1. The number of anilines is 1. The SMILES string of the molecule is CNCC1CCCN1CCCC(=O)Nc1cccc(C)c1. The van der Waals surface area contributed by atoms with Gasteiger partial charge in [0, 0.05) is 24.7 Å². The Hall–Kier alpha value is -1.39. The van der Waals surface area contributed by atoms with E-state index in [1.807, 2.05) is 38.2 Å². The predicted molar refractivity (Wildman–Crippen MR) is 87.6 cm³/mol. The summed E-state index contributed by atoms with van der Waals surface area (Å²) in [7, 11) is 2.01. The van der Waals surface area contributed by atoms with Crippen LogP contribution in [0.3, 0.4) is 0 Å². The van der Waals surface area contributed by atoms with Crippen LogP contribution in [0, 0.1) is 6.92 Å². The molecule has 1 atom stereocenters. The molecule has 1 aromatic carbocycles. The van der Waals surface area contributed by atoms with Crippen LogP contribution in [0.15, 0.2) is 24.3 Å². The van der Waals surface area contributed by atoms with Crippen LogP contribution in [-0.4, -0.2) is 43.5 Å². The van der Waals surface area contributed by atoms with Crippen molar-refractivity contribution in [2.24, 2.45) is 0 Å². The molecule has 1 unspecified atom stereocenters. The molecule has 1 heterocycles. The van der Waals surface area contributed by atoms with Crippen LogP contribution >= 0.6 is 0 Å². The molecule has 0 radical (unpaired) electrons. The summed E-state index contributed by atoms with van der Waals surface area (Å²) in [6.45, 7) is 5.28. The van der Waals surface area contributed by atoms with E-state index >= 15 is 0 Å². The van der Waals surface area contributed by atoms with Gasteiger partial charge in [-0.15, -0.1) is 0 Å². The van der Waals surface area contributed by atoms with Crippen molar-refractivity contribution in [3.8, 4) is 0 Å². The summed E-state index contributed by atoms with van der Waals surface area (Å²) in [4.78, 5) is 14.5. The summed E-state index contributed by atoms with van der Waals surface area (Å²) in [5.41, 5.74) is 2.06. The minimum Gasteiger partial charge on any atom is -0.326 e. The van der Waals surface area contributed by atoms with Crippen LogP contribution in [0.1, 0.15) is 31.2 Å². The number of hydrogen-bond acceptors (Lipinski definition) is 3. The molecule has 1 aliphatic rings. The zero-order chi connectivity index (χ0) is 15.1. The summed E-state index contributed by atoms with van der Waals surface area (Å²) >= 11 is 0. The second kappa shape index (κ2) is 8.15. The van der Waals surface area contributed by atoms with Crippen LogP contribution in [-0.2, 0) is 4.79 Å². The largest absolute Gasteiger partial charge is 0.326 e. The fraction of sp³-hybridized carbons (Fsp3) is 0.588. The minimum atomic E-state index is 0.116. The average molecular weight is 289 g/mol. The van der Waals surface area contributed by atoms with Crippen molar-refractivity contribution in [1.82, 2.24) is 10.2 Å². The highest BCUT2D eigenvalue weighted by atomic mass is 16.1. The maximum Gasteiger partial charge on any atom is 0.224 e. The van der Waals surface area contributed by atoms with Gasteiger partial charge in [-0.1, -0.05) is 12.1 Å². The third-order valence-electron chi connectivity index (χ3n) is 4.09. The third kappa shape index (κ3) is 5.14. The second-order valence-electron chi connectivity index (χ2n) is 5.91. The van der Waals surface area contributed by atoms with Crippen LogP contribution in [0.5, 0.6) is 0 Å². The molecule has 2 N–H and O–H groups in total. The number of nitrogens with zero attached hydrogens (tertiary/aromatic N) is 1. The molecule has 0 aromatic heterocycles. The molecule has 116 valence electrons. The first-order chi connectivity index (χ1) is 10.2. The second-order valence-corrected chi connectivity index (χ2v) is 5.91. The Morgan fingerprint density at radius 2 is 2.29 bits per heavy atom. The summed E-state index contributed by atoms with van der Waals surface area (Å²) in [5, 5.41) is 6.23. The molecule has 1 saturated heterocycles. The highest BCUT2D eigenvalue weighted by Gasteiger charge is 2.23. The van der Waals surface area contributed by atoms with Crippen molar-refractivity contribution in [3.05, 3.63) is 29.8 Å². The smallest absolute Gasteiger partial charge is 0.224 e. The van der Waals surface area contributed by atoms with E-state index in [0.29, 0.717) is 12.5 Å². The van der Waals surface area contributed by atoms with Crippen LogP contribution in [0.25, 0.3) is 0 Å². The van der Waals surface area contributed by atoms with Gasteiger partial charge in [0.05, 0.1) is 0 Å². The van der Waals surface area contributed by atoms with E-state index in [1.54, 1.807) is 0 Å². The zero-order valence-electron chi connectivity index (χ0n) is 13.2. The van der Waals surface area contributed by atoms with Gasteiger partial charge in [0.2, 0.25) is 5.91 Å².